The van der Waals surface area contributed by atoms with Crippen LogP contribution in [0.5, 0.6) is 0 Å². The van der Waals surface area contributed by atoms with E-state index >= 15 is 0 Å². The van der Waals surface area contributed by atoms with Crippen LogP contribution in [0.3, 0.4) is 0 Å². The van der Waals surface area contributed by atoms with Gasteiger partial charge in [0.05, 0.1) is 11.0 Å². The van der Waals surface area contributed by atoms with Crippen molar-refractivity contribution in [1.29, 1.82) is 0 Å². The number of amides is 3. The lowest BCUT2D eigenvalue weighted by Crippen LogP contribution is -2.37. The summed E-state index contributed by atoms with van der Waals surface area (Å²) in [4.78, 5) is 48.1. The Kier molecular flexibility index (Phi) is 5.19. The molecule has 2 aromatic rings. The molecule has 3 heterocycles. The zero-order valence-corrected chi connectivity index (χ0v) is 14.7. The van der Waals surface area contributed by atoms with Gasteiger partial charge < -0.3 is 9.73 Å². The molecule has 134 valence electrons. The zero-order chi connectivity index (χ0) is 18.7. The van der Waals surface area contributed by atoms with Gasteiger partial charge in [-0.15, -0.1) is 11.3 Å². The van der Waals surface area contributed by atoms with E-state index in [9.17, 15) is 24.5 Å². The second kappa shape index (κ2) is 7.54. The standard InChI is InChI=1S/C15H11N3O6S2/c19-13(10-3-4-12(24-10)18(22)23)16-5-6-17-14(20)11(26-15(17)21)8-9-2-1-7-25-9/h1-4,7-8H,5-6H2,(H,16,19). The van der Waals surface area contributed by atoms with Crippen LogP contribution in [0.15, 0.2) is 39.0 Å². The molecule has 1 N–H and O–H groups in total. The predicted molar refractivity (Wildman–Crippen MR) is 94.7 cm³/mol. The van der Waals surface area contributed by atoms with Gasteiger partial charge in [-0.05, 0) is 35.4 Å². The van der Waals surface area contributed by atoms with Gasteiger partial charge >= 0.3 is 5.88 Å². The Bertz CT molecular complexity index is 902. The number of hydrogen-bond donors (Lipinski definition) is 1. The number of nitro groups is 1. The minimum atomic E-state index is -0.753. The summed E-state index contributed by atoms with van der Waals surface area (Å²) in [5.41, 5.74) is 0. The van der Waals surface area contributed by atoms with Crippen LogP contribution in [-0.4, -0.2) is 40.0 Å². The van der Waals surface area contributed by atoms with E-state index in [1.807, 2.05) is 17.5 Å². The molecule has 26 heavy (non-hydrogen) atoms. The highest BCUT2D eigenvalue weighted by atomic mass is 32.2. The van der Waals surface area contributed by atoms with Gasteiger partial charge in [-0.25, -0.2) is 0 Å². The van der Waals surface area contributed by atoms with Crippen molar-refractivity contribution < 1.29 is 23.7 Å². The molecular weight excluding hydrogens is 382 g/mol. The summed E-state index contributed by atoms with van der Waals surface area (Å²) in [6, 6.07) is 5.93. The Labute approximate surface area is 154 Å². The van der Waals surface area contributed by atoms with E-state index < -0.39 is 27.9 Å². The number of thiophene rings is 1. The minimum Gasteiger partial charge on any atom is -0.395 e. The Morgan fingerprint density at radius 2 is 2.15 bits per heavy atom. The van der Waals surface area contributed by atoms with E-state index in [4.69, 9.17) is 4.42 Å². The highest BCUT2D eigenvalue weighted by molar-refractivity contribution is 8.18. The van der Waals surface area contributed by atoms with Crippen molar-refractivity contribution in [3.05, 3.63) is 55.3 Å². The Morgan fingerprint density at radius 3 is 2.81 bits per heavy atom. The topological polar surface area (TPSA) is 123 Å². The van der Waals surface area contributed by atoms with Crippen molar-refractivity contribution in [2.24, 2.45) is 0 Å². The third-order valence-corrected chi connectivity index (χ3v) is 5.03. The number of thioether (sulfide) groups is 1. The predicted octanol–water partition coefficient (Wildman–Crippen LogP) is 2.72. The van der Waals surface area contributed by atoms with E-state index in [1.54, 1.807) is 6.08 Å². The molecule has 2 aromatic heterocycles. The minimum absolute atomic E-state index is 0.00233. The summed E-state index contributed by atoms with van der Waals surface area (Å²) >= 11 is 2.29. The first kappa shape index (κ1) is 17.9. The van der Waals surface area contributed by atoms with E-state index in [-0.39, 0.29) is 18.8 Å². The van der Waals surface area contributed by atoms with Crippen molar-refractivity contribution in [2.75, 3.05) is 13.1 Å². The Morgan fingerprint density at radius 1 is 1.35 bits per heavy atom. The highest BCUT2D eigenvalue weighted by Crippen LogP contribution is 2.32. The van der Waals surface area contributed by atoms with Crippen LogP contribution in [0.25, 0.3) is 6.08 Å². The number of imide groups is 1. The number of carbonyl (C=O) groups excluding carboxylic acids is 3. The lowest BCUT2D eigenvalue weighted by Gasteiger charge is -2.12. The molecule has 1 saturated heterocycles. The SMILES string of the molecule is O=C(NCCN1C(=O)SC(=Cc2cccs2)C1=O)c1ccc([N+](=O)[O-])o1. The van der Waals surface area contributed by atoms with Crippen LogP contribution in [0.4, 0.5) is 10.7 Å². The van der Waals surface area contributed by atoms with E-state index in [2.05, 4.69) is 5.32 Å². The summed E-state index contributed by atoms with van der Waals surface area (Å²) in [6.45, 7) is -0.0152. The number of furan rings is 1. The molecule has 0 saturated carbocycles. The van der Waals surface area contributed by atoms with Gasteiger partial charge in [-0.1, -0.05) is 6.07 Å². The van der Waals surface area contributed by atoms with Crippen LogP contribution >= 0.6 is 23.1 Å². The van der Waals surface area contributed by atoms with Gasteiger partial charge in [0.1, 0.15) is 4.92 Å². The first-order valence-corrected chi connectivity index (χ1v) is 8.96. The number of hydrogen-bond acceptors (Lipinski definition) is 8. The fraction of sp³-hybridized carbons (Fsp3) is 0.133. The summed E-state index contributed by atoms with van der Waals surface area (Å²) in [5.74, 6) is -1.85. The molecule has 0 aliphatic carbocycles. The molecule has 0 radical (unpaired) electrons. The quantitative estimate of drug-likeness (QED) is 0.455. The monoisotopic (exact) mass is 393 g/mol. The van der Waals surface area contributed by atoms with Gasteiger partial charge in [0.2, 0.25) is 0 Å². The van der Waals surface area contributed by atoms with Gasteiger partial charge in [0.25, 0.3) is 17.1 Å². The van der Waals surface area contributed by atoms with Crippen LogP contribution < -0.4 is 5.32 Å². The highest BCUT2D eigenvalue weighted by Gasteiger charge is 2.34. The second-order valence-corrected chi connectivity index (χ2v) is 6.97. The number of rotatable bonds is 6. The number of carbonyl (C=O) groups is 3. The maximum atomic E-state index is 12.3. The zero-order valence-electron chi connectivity index (χ0n) is 13.0. The van der Waals surface area contributed by atoms with Crippen molar-refractivity contribution in [2.45, 2.75) is 0 Å². The van der Waals surface area contributed by atoms with Crippen LogP contribution in [-0.2, 0) is 4.79 Å². The normalized spacial score (nSPS) is 15.7. The molecule has 0 atom stereocenters. The first-order chi connectivity index (χ1) is 12.5. The Balaban J connectivity index is 1.56. The number of nitrogens with zero attached hydrogens (tertiary/aromatic N) is 2. The maximum Gasteiger partial charge on any atom is 0.433 e. The molecule has 9 nitrogen and oxygen atoms in total. The smallest absolute Gasteiger partial charge is 0.395 e. The molecule has 1 aliphatic rings. The fourth-order valence-corrected chi connectivity index (χ4v) is 3.70. The molecule has 3 amide bonds. The molecule has 0 bridgehead atoms. The van der Waals surface area contributed by atoms with E-state index in [1.165, 1.54) is 17.4 Å². The average Bonchev–Trinajstić information content (AvgIpc) is 3.32. The molecule has 11 heteroatoms. The lowest BCUT2D eigenvalue weighted by atomic mass is 10.3. The van der Waals surface area contributed by atoms with Crippen molar-refractivity contribution in [3.63, 3.8) is 0 Å². The second-order valence-electron chi connectivity index (χ2n) is 5.00. The summed E-state index contributed by atoms with van der Waals surface area (Å²) < 4.78 is 4.78. The summed E-state index contributed by atoms with van der Waals surface area (Å²) in [7, 11) is 0. The third kappa shape index (κ3) is 3.83. The molecule has 3 rings (SSSR count). The van der Waals surface area contributed by atoms with Gasteiger partial charge in [0, 0.05) is 18.0 Å². The molecule has 1 fully saturated rings. The van der Waals surface area contributed by atoms with Crippen molar-refractivity contribution in [1.82, 2.24) is 10.2 Å². The van der Waals surface area contributed by atoms with Crippen molar-refractivity contribution in [3.8, 4) is 0 Å². The fourth-order valence-electron chi connectivity index (χ4n) is 2.11. The molecular formula is C15H11N3O6S2. The van der Waals surface area contributed by atoms with Gasteiger partial charge in [-0.2, -0.15) is 0 Å². The van der Waals surface area contributed by atoms with Gasteiger partial charge in [-0.3, -0.25) is 29.4 Å². The average molecular weight is 393 g/mol. The summed E-state index contributed by atoms with van der Waals surface area (Å²) in [6.07, 6.45) is 1.65. The van der Waals surface area contributed by atoms with Gasteiger partial charge in [0.15, 0.2) is 5.76 Å². The van der Waals surface area contributed by atoms with Crippen molar-refractivity contribution >= 4 is 52.1 Å². The maximum absolute atomic E-state index is 12.3. The molecule has 0 aromatic carbocycles. The Hall–Kier alpha value is -2.92. The van der Waals surface area contributed by atoms with Crippen LogP contribution in [0.1, 0.15) is 15.4 Å². The van der Waals surface area contributed by atoms with E-state index in [0.29, 0.717) is 4.91 Å². The lowest BCUT2D eigenvalue weighted by molar-refractivity contribution is -0.402. The van der Waals surface area contributed by atoms with E-state index in [0.717, 1.165) is 27.6 Å². The molecule has 1 aliphatic heterocycles. The van der Waals surface area contributed by atoms with Crippen LogP contribution in [0.2, 0.25) is 0 Å². The molecule has 0 unspecified atom stereocenters. The third-order valence-electron chi connectivity index (χ3n) is 3.31. The first-order valence-electron chi connectivity index (χ1n) is 7.27. The summed E-state index contributed by atoms with van der Waals surface area (Å²) in [5, 5.41) is 14.4. The van der Waals surface area contributed by atoms with Crippen LogP contribution in [0, 0.1) is 10.1 Å². The number of nitrogens with one attached hydrogen (secondary N) is 1. The largest absolute Gasteiger partial charge is 0.433 e. The molecule has 0 spiro atoms.